The molecule has 3 rings (SSSR count). The van der Waals surface area contributed by atoms with Crippen molar-refractivity contribution in [1.29, 1.82) is 0 Å². The Morgan fingerprint density at radius 1 is 1.14 bits per heavy atom. The van der Waals surface area contributed by atoms with Gasteiger partial charge in [-0.05, 0) is 12.0 Å². The Kier molecular flexibility index (Phi) is 1.85. The van der Waals surface area contributed by atoms with Crippen LogP contribution in [0.4, 0.5) is 0 Å². The largest absolute Gasteiger partial charge is 0.393 e. The number of fused-ring (bicyclic) bond motifs is 1. The van der Waals surface area contributed by atoms with Crippen molar-refractivity contribution in [2.24, 2.45) is 5.92 Å². The van der Waals surface area contributed by atoms with E-state index in [0.717, 1.165) is 12.8 Å². The molecule has 0 amide bonds. The summed E-state index contributed by atoms with van der Waals surface area (Å²) in [5.41, 5.74) is 1.19. The fraction of sp³-hybridized carbons (Fsp3) is 0.500. The SMILES string of the molecule is O[C@H]1C[C@@H](c2ccccc2)O[C@H]2C[C@H]21. The van der Waals surface area contributed by atoms with Crippen LogP contribution in [0.5, 0.6) is 0 Å². The van der Waals surface area contributed by atoms with E-state index in [0.29, 0.717) is 12.0 Å². The molecule has 2 fully saturated rings. The van der Waals surface area contributed by atoms with Gasteiger partial charge in [-0.1, -0.05) is 30.3 Å². The molecular formula is C12H14O2. The Morgan fingerprint density at radius 3 is 2.64 bits per heavy atom. The van der Waals surface area contributed by atoms with E-state index in [1.54, 1.807) is 0 Å². The summed E-state index contributed by atoms with van der Waals surface area (Å²) >= 11 is 0. The molecule has 2 heteroatoms. The molecule has 1 N–H and O–H groups in total. The van der Waals surface area contributed by atoms with E-state index in [4.69, 9.17) is 4.74 Å². The van der Waals surface area contributed by atoms with Crippen molar-refractivity contribution in [2.45, 2.75) is 31.2 Å². The summed E-state index contributed by atoms with van der Waals surface area (Å²) in [5.74, 6) is 0.426. The van der Waals surface area contributed by atoms with Crippen LogP contribution in [0.2, 0.25) is 0 Å². The van der Waals surface area contributed by atoms with Crippen molar-refractivity contribution in [1.82, 2.24) is 0 Å². The molecule has 0 spiro atoms. The van der Waals surface area contributed by atoms with Crippen LogP contribution in [0.15, 0.2) is 30.3 Å². The molecule has 0 bridgehead atoms. The molecule has 0 aromatic heterocycles. The maximum atomic E-state index is 9.77. The Hall–Kier alpha value is -0.860. The number of aliphatic hydroxyl groups is 1. The Balaban J connectivity index is 1.80. The lowest BCUT2D eigenvalue weighted by molar-refractivity contribution is -0.0528. The maximum absolute atomic E-state index is 9.77. The lowest BCUT2D eigenvalue weighted by atomic mass is 9.99. The van der Waals surface area contributed by atoms with Crippen molar-refractivity contribution in [3.8, 4) is 0 Å². The van der Waals surface area contributed by atoms with Crippen LogP contribution in [0.1, 0.15) is 24.5 Å². The molecule has 0 unspecified atom stereocenters. The van der Waals surface area contributed by atoms with Gasteiger partial charge in [0.25, 0.3) is 0 Å². The summed E-state index contributed by atoms with van der Waals surface area (Å²) in [6, 6.07) is 10.2. The van der Waals surface area contributed by atoms with Gasteiger partial charge in [0.1, 0.15) is 0 Å². The lowest BCUT2D eigenvalue weighted by Gasteiger charge is -2.26. The van der Waals surface area contributed by atoms with Crippen molar-refractivity contribution >= 4 is 0 Å². The highest BCUT2D eigenvalue weighted by Crippen LogP contribution is 2.47. The highest BCUT2D eigenvalue weighted by atomic mass is 16.5. The van der Waals surface area contributed by atoms with Gasteiger partial charge in [0, 0.05) is 12.3 Å². The first-order valence-electron chi connectivity index (χ1n) is 5.23. The molecule has 2 aliphatic rings. The third-order valence-corrected chi connectivity index (χ3v) is 3.24. The molecule has 1 heterocycles. The second kappa shape index (κ2) is 3.07. The zero-order chi connectivity index (χ0) is 9.54. The minimum Gasteiger partial charge on any atom is -0.393 e. The predicted octanol–water partition coefficient (Wildman–Crippen LogP) is 1.90. The van der Waals surface area contributed by atoms with Gasteiger partial charge in [-0.2, -0.15) is 0 Å². The van der Waals surface area contributed by atoms with Crippen molar-refractivity contribution in [3.63, 3.8) is 0 Å². The predicted molar refractivity (Wildman–Crippen MR) is 52.8 cm³/mol. The molecule has 1 aliphatic carbocycles. The average molecular weight is 190 g/mol. The number of ether oxygens (including phenoxy) is 1. The number of aliphatic hydroxyl groups excluding tert-OH is 1. The first-order valence-corrected chi connectivity index (χ1v) is 5.23. The molecule has 2 nitrogen and oxygen atoms in total. The van der Waals surface area contributed by atoms with Crippen LogP contribution in [0.3, 0.4) is 0 Å². The van der Waals surface area contributed by atoms with Crippen LogP contribution in [-0.4, -0.2) is 17.3 Å². The number of hydrogen-bond acceptors (Lipinski definition) is 2. The van der Waals surface area contributed by atoms with Crippen LogP contribution >= 0.6 is 0 Å². The zero-order valence-electron chi connectivity index (χ0n) is 7.97. The fourth-order valence-electron chi connectivity index (χ4n) is 2.29. The second-order valence-corrected chi connectivity index (χ2v) is 4.28. The first-order chi connectivity index (χ1) is 6.84. The summed E-state index contributed by atoms with van der Waals surface area (Å²) in [4.78, 5) is 0. The quantitative estimate of drug-likeness (QED) is 0.732. The van der Waals surface area contributed by atoms with Gasteiger partial charge in [0.15, 0.2) is 0 Å². The molecular weight excluding hydrogens is 176 g/mol. The van der Waals surface area contributed by atoms with Gasteiger partial charge < -0.3 is 9.84 Å². The van der Waals surface area contributed by atoms with Crippen molar-refractivity contribution in [3.05, 3.63) is 35.9 Å². The second-order valence-electron chi connectivity index (χ2n) is 4.28. The molecule has 14 heavy (non-hydrogen) atoms. The third kappa shape index (κ3) is 1.35. The number of hydrogen-bond donors (Lipinski definition) is 1. The van der Waals surface area contributed by atoms with E-state index in [9.17, 15) is 5.11 Å². The van der Waals surface area contributed by atoms with Crippen molar-refractivity contribution in [2.75, 3.05) is 0 Å². The minimum absolute atomic E-state index is 0.106. The fourth-order valence-corrected chi connectivity index (χ4v) is 2.29. The average Bonchev–Trinajstić information content (AvgIpc) is 2.99. The maximum Gasteiger partial charge on any atom is 0.0853 e. The van der Waals surface area contributed by atoms with Crippen molar-refractivity contribution < 1.29 is 9.84 Å². The van der Waals surface area contributed by atoms with Gasteiger partial charge in [-0.15, -0.1) is 0 Å². The topological polar surface area (TPSA) is 29.5 Å². The summed E-state index contributed by atoms with van der Waals surface area (Å²) in [6.07, 6.45) is 2.08. The summed E-state index contributed by atoms with van der Waals surface area (Å²) in [6.45, 7) is 0. The van der Waals surface area contributed by atoms with Crippen LogP contribution in [0, 0.1) is 5.92 Å². The monoisotopic (exact) mass is 190 g/mol. The lowest BCUT2D eigenvalue weighted by Crippen LogP contribution is -2.25. The van der Waals surface area contributed by atoms with Gasteiger partial charge in [-0.25, -0.2) is 0 Å². The molecule has 1 saturated heterocycles. The van der Waals surface area contributed by atoms with E-state index in [-0.39, 0.29) is 12.2 Å². The van der Waals surface area contributed by atoms with E-state index in [2.05, 4.69) is 12.1 Å². The van der Waals surface area contributed by atoms with Crippen LogP contribution < -0.4 is 0 Å². The zero-order valence-corrected chi connectivity index (χ0v) is 7.97. The van der Waals surface area contributed by atoms with Gasteiger partial charge in [0.05, 0.1) is 18.3 Å². The Bertz CT molecular complexity index is 322. The normalized spacial score (nSPS) is 40.4. The summed E-state index contributed by atoms with van der Waals surface area (Å²) in [7, 11) is 0. The highest BCUT2D eigenvalue weighted by molar-refractivity contribution is 5.19. The van der Waals surface area contributed by atoms with Gasteiger partial charge in [-0.3, -0.25) is 0 Å². The van der Waals surface area contributed by atoms with Crippen LogP contribution in [-0.2, 0) is 4.74 Å². The number of benzene rings is 1. The molecule has 1 aromatic carbocycles. The molecule has 0 radical (unpaired) electrons. The van der Waals surface area contributed by atoms with E-state index < -0.39 is 0 Å². The Labute approximate surface area is 83.5 Å². The van der Waals surface area contributed by atoms with Gasteiger partial charge >= 0.3 is 0 Å². The van der Waals surface area contributed by atoms with Crippen LogP contribution in [0.25, 0.3) is 0 Å². The van der Waals surface area contributed by atoms with E-state index >= 15 is 0 Å². The number of rotatable bonds is 1. The molecule has 1 aliphatic heterocycles. The van der Waals surface area contributed by atoms with E-state index in [1.807, 2.05) is 18.2 Å². The highest BCUT2D eigenvalue weighted by Gasteiger charge is 2.49. The minimum atomic E-state index is -0.154. The van der Waals surface area contributed by atoms with Gasteiger partial charge in [0.2, 0.25) is 0 Å². The first kappa shape index (κ1) is 8.45. The molecule has 1 aromatic rings. The summed E-state index contributed by atoms with van der Waals surface area (Å²) in [5, 5.41) is 9.77. The molecule has 1 saturated carbocycles. The Morgan fingerprint density at radius 2 is 1.93 bits per heavy atom. The smallest absolute Gasteiger partial charge is 0.0853 e. The summed E-state index contributed by atoms with van der Waals surface area (Å²) < 4.78 is 5.86. The molecule has 4 atom stereocenters. The van der Waals surface area contributed by atoms with E-state index in [1.165, 1.54) is 5.56 Å². The third-order valence-electron chi connectivity index (χ3n) is 3.24. The standard InChI is InChI=1S/C12H14O2/c13-10-7-11(14-12-6-9(10)12)8-4-2-1-3-5-8/h1-5,9-13H,6-7H2/t9-,10-,11-,12-/m0/s1. The molecule has 74 valence electrons.